The molecule has 4 rings (SSSR count). The summed E-state index contributed by atoms with van der Waals surface area (Å²) >= 11 is 0. The van der Waals surface area contributed by atoms with Gasteiger partial charge in [-0.25, -0.2) is 0 Å². The number of carbonyl (C=O) groups excluding carboxylic acids is 1. The zero-order valence-corrected chi connectivity index (χ0v) is 15.6. The fraction of sp³-hybridized carbons (Fsp3) is 0.238. The highest BCUT2D eigenvalue weighted by Gasteiger charge is 2.12. The van der Waals surface area contributed by atoms with Crippen LogP contribution in [0.15, 0.2) is 59.1 Å². The molecule has 0 aliphatic heterocycles. The Labute approximate surface area is 162 Å². The average molecular weight is 375 g/mol. The second kappa shape index (κ2) is 8.04. The molecule has 0 radical (unpaired) electrons. The first kappa shape index (κ1) is 17.9. The Morgan fingerprint density at radius 1 is 1.11 bits per heavy atom. The summed E-state index contributed by atoms with van der Waals surface area (Å²) in [5, 5.41) is 12.6. The number of benzene rings is 2. The number of para-hydroxylation sites is 1. The molecule has 7 nitrogen and oxygen atoms in total. The van der Waals surface area contributed by atoms with Crippen LogP contribution in [0.2, 0.25) is 0 Å². The number of aryl methyl sites for hydroxylation is 2. The predicted molar refractivity (Wildman–Crippen MR) is 105 cm³/mol. The van der Waals surface area contributed by atoms with Crippen molar-refractivity contribution in [3.63, 3.8) is 0 Å². The van der Waals surface area contributed by atoms with E-state index in [1.54, 1.807) is 0 Å². The summed E-state index contributed by atoms with van der Waals surface area (Å²) in [6.07, 6.45) is 0.679. The third-order valence-corrected chi connectivity index (χ3v) is 4.55. The molecule has 0 atom stereocenters. The minimum Gasteiger partial charge on any atom is -0.350 e. The summed E-state index contributed by atoms with van der Waals surface area (Å²) in [4.78, 5) is 16.6. The minimum absolute atomic E-state index is 0.0745. The summed E-state index contributed by atoms with van der Waals surface area (Å²) in [6, 6.07) is 17.6. The first-order chi connectivity index (χ1) is 13.7. The second-order valence-electron chi connectivity index (χ2n) is 6.43. The fourth-order valence-corrected chi connectivity index (χ4v) is 3.12. The van der Waals surface area contributed by atoms with Gasteiger partial charge in [-0.15, -0.1) is 0 Å². The lowest BCUT2D eigenvalue weighted by molar-refractivity contribution is -0.121. The number of hydrogen-bond acceptors (Lipinski definition) is 5. The van der Waals surface area contributed by atoms with Crippen molar-refractivity contribution in [2.45, 2.75) is 32.9 Å². The highest BCUT2D eigenvalue weighted by Crippen LogP contribution is 2.18. The molecule has 0 aliphatic carbocycles. The molecule has 1 amide bonds. The fourth-order valence-electron chi connectivity index (χ4n) is 3.12. The van der Waals surface area contributed by atoms with Crippen LogP contribution in [0.25, 0.3) is 22.3 Å². The first-order valence-corrected chi connectivity index (χ1v) is 9.33. The normalized spacial score (nSPS) is 11.0. The molecular formula is C21H21N5O2. The van der Waals surface area contributed by atoms with E-state index in [1.165, 1.54) is 0 Å². The SMILES string of the molecule is CCn1nc(CNC(=O)CCc2nc(-c3ccccc3)no2)c2ccccc21. The minimum atomic E-state index is -0.0745. The van der Waals surface area contributed by atoms with Crippen LogP contribution in [-0.2, 0) is 24.3 Å². The zero-order chi connectivity index (χ0) is 19.3. The Morgan fingerprint density at radius 2 is 1.89 bits per heavy atom. The maximum atomic E-state index is 12.2. The van der Waals surface area contributed by atoms with E-state index in [1.807, 2.05) is 59.3 Å². The summed E-state index contributed by atoms with van der Waals surface area (Å²) < 4.78 is 7.20. The van der Waals surface area contributed by atoms with Crippen molar-refractivity contribution >= 4 is 16.8 Å². The van der Waals surface area contributed by atoms with E-state index in [-0.39, 0.29) is 12.3 Å². The maximum Gasteiger partial charge on any atom is 0.227 e. The number of fused-ring (bicyclic) bond motifs is 1. The van der Waals surface area contributed by atoms with Crippen molar-refractivity contribution in [1.82, 2.24) is 25.2 Å². The van der Waals surface area contributed by atoms with Gasteiger partial charge < -0.3 is 9.84 Å². The molecule has 0 fully saturated rings. The van der Waals surface area contributed by atoms with E-state index in [4.69, 9.17) is 4.52 Å². The molecule has 2 heterocycles. The highest BCUT2D eigenvalue weighted by molar-refractivity contribution is 5.83. The predicted octanol–water partition coefficient (Wildman–Crippen LogP) is 3.36. The Balaban J connectivity index is 1.34. The van der Waals surface area contributed by atoms with E-state index in [2.05, 4.69) is 27.5 Å². The lowest BCUT2D eigenvalue weighted by Crippen LogP contribution is -2.23. The van der Waals surface area contributed by atoms with Crippen molar-refractivity contribution < 1.29 is 9.32 Å². The van der Waals surface area contributed by atoms with E-state index >= 15 is 0 Å². The molecule has 2 aromatic carbocycles. The third kappa shape index (κ3) is 3.78. The third-order valence-electron chi connectivity index (χ3n) is 4.55. The maximum absolute atomic E-state index is 12.2. The first-order valence-electron chi connectivity index (χ1n) is 9.33. The molecule has 4 aromatic rings. The molecule has 0 unspecified atom stereocenters. The summed E-state index contributed by atoms with van der Waals surface area (Å²) in [5.74, 6) is 0.914. The van der Waals surface area contributed by atoms with Crippen molar-refractivity contribution in [3.8, 4) is 11.4 Å². The van der Waals surface area contributed by atoms with Gasteiger partial charge in [-0.1, -0.05) is 53.7 Å². The van der Waals surface area contributed by atoms with Gasteiger partial charge in [0.1, 0.15) is 0 Å². The Kier molecular flexibility index (Phi) is 5.14. The summed E-state index contributed by atoms with van der Waals surface area (Å²) in [7, 11) is 0. The number of aromatic nitrogens is 4. The molecule has 0 bridgehead atoms. The topological polar surface area (TPSA) is 85.8 Å². The Bertz CT molecular complexity index is 1080. The monoisotopic (exact) mass is 375 g/mol. The van der Waals surface area contributed by atoms with Crippen LogP contribution in [0.5, 0.6) is 0 Å². The van der Waals surface area contributed by atoms with E-state index in [0.29, 0.717) is 24.7 Å². The van der Waals surface area contributed by atoms with Gasteiger partial charge in [-0.2, -0.15) is 10.1 Å². The van der Waals surface area contributed by atoms with Crippen LogP contribution in [0.3, 0.4) is 0 Å². The van der Waals surface area contributed by atoms with Gasteiger partial charge in [0.05, 0.1) is 17.8 Å². The molecular weight excluding hydrogens is 354 g/mol. The average Bonchev–Trinajstić information content (AvgIpc) is 3.36. The van der Waals surface area contributed by atoms with Crippen molar-refractivity contribution in [3.05, 3.63) is 66.2 Å². The quantitative estimate of drug-likeness (QED) is 0.535. The number of nitrogens with one attached hydrogen (secondary N) is 1. The van der Waals surface area contributed by atoms with E-state index in [9.17, 15) is 4.79 Å². The Morgan fingerprint density at radius 3 is 2.71 bits per heavy atom. The highest BCUT2D eigenvalue weighted by atomic mass is 16.5. The molecule has 0 spiro atoms. The molecule has 0 aliphatic rings. The van der Waals surface area contributed by atoms with E-state index < -0.39 is 0 Å². The van der Waals surface area contributed by atoms with Gasteiger partial charge in [0, 0.05) is 30.3 Å². The molecule has 7 heteroatoms. The van der Waals surface area contributed by atoms with Crippen LogP contribution in [0.1, 0.15) is 24.9 Å². The number of hydrogen-bond donors (Lipinski definition) is 1. The number of nitrogens with zero attached hydrogens (tertiary/aromatic N) is 4. The molecule has 0 saturated carbocycles. The van der Waals surface area contributed by atoms with Crippen molar-refractivity contribution in [2.24, 2.45) is 0 Å². The standard InChI is InChI=1S/C21H21N5O2/c1-2-26-18-11-7-6-10-16(18)17(24-26)14-22-19(27)12-13-20-23-21(25-28-20)15-8-4-3-5-9-15/h3-11H,2,12-14H2,1H3,(H,22,27). The number of carbonyl (C=O) groups is 1. The largest absolute Gasteiger partial charge is 0.350 e. The summed E-state index contributed by atoms with van der Waals surface area (Å²) in [6.45, 7) is 3.23. The van der Waals surface area contributed by atoms with Crippen LogP contribution in [0, 0.1) is 0 Å². The van der Waals surface area contributed by atoms with Crippen LogP contribution >= 0.6 is 0 Å². The number of rotatable bonds is 7. The van der Waals surface area contributed by atoms with Gasteiger partial charge in [-0.05, 0) is 13.0 Å². The van der Waals surface area contributed by atoms with Crippen molar-refractivity contribution in [1.29, 1.82) is 0 Å². The lowest BCUT2D eigenvalue weighted by atomic mass is 10.2. The summed E-state index contributed by atoms with van der Waals surface area (Å²) in [5.41, 5.74) is 2.84. The van der Waals surface area contributed by atoms with Gasteiger partial charge >= 0.3 is 0 Å². The van der Waals surface area contributed by atoms with Gasteiger partial charge in [-0.3, -0.25) is 9.48 Å². The van der Waals surface area contributed by atoms with Gasteiger partial charge in [0.2, 0.25) is 17.6 Å². The van der Waals surface area contributed by atoms with Crippen LogP contribution in [-0.4, -0.2) is 25.8 Å². The second-order valence-corrected chi connectivity index (χ2v) is 6.43. The molecule has 1 N–H and O–H groups in total. The van der Waals surface area contributed by atoms with Crippen molar-refractivity contribution in [2.75, 3.05) is 0 Å². The Hall–Kier alpha value is -3.48. The molecule has 142 valence electrons. The molecule has 2 aromatic heterocycles. The molecule has 0 saturated heterocycles. The van der Waals surface area contributed by atoms with Gasteiger partial charge in [0.25, 0.3) is 0 Å². The smallest absolute Gasteiger partial charge is 0.227 e. The number of amides is 1. The van der Waals surface area contributed by atoms with Gasteiger partial charge in [0.15, 0.2) is 0 Å². The van der Waals surface area contributed by atoms with Crippen LogP contribution < -0.4 is 5.32 Å². The molecule has 28 heavy (non-hydrogen) atoms. The lowest BCUT2D eigenvalue weighted by Gasteiger charge is -2.02. The van der Waals surface area contributed by atoms with Crippen LogP contribution in [0.4, 0.5) is 0 Å². The zero-order valence-electron chi connectivity index (χ0n) is 15.6. The van der Waals surface area contributed by atoms with E-state index in [0.717, 1.165) is 28.7 Å².